The molecule has 2 aromatic rings. The van der Waals surface area contributed by atoms with Crippen molar-refractivity contribution in [3.8, 4) is 11.5 Å². The number of ether oxygens (including phenoxy) is 2. The number of guanidine groups is 1. The van der Waals surface area contributed by atoms with Crippen molar-refractivity contribution >= 4 is 29.9 Å². The van der Waals surface area contributed by atoms with Crippen LogP contribution in [-0.2, 0) is 13.1 Å². The van der Waals surface area contributed by atoms with Gasteiger partial charge in [-0.15, -0.1) is 24.0 Å². The molecule has 0 unspecified atom stereocenters. The Morgan fingerprint density at radius 2 is 1.73 bits per heavy atom. The van der Waals surface area contributed by atoms with Crippen molar-refractivity contribution in [2.45, 2.75) is 26.4 Å². The summed E-state index contributed by atoms with van der Waals surface area (Å²) >= 11 is 0. The molecule has 2 N–H and O–H groups in total. The Morgan fingerprint density at radius 1 is 1.03 bits per heavy atom. The van der Waals surface area contributed by atoms with Crippen LogP contribution < -0.4 is 20.1 Å². The predicted octanol–water partition coefficient (Wildman–Crippen LogP) is 3.82. The van der Waals surface area contributed by atoms with Crippen molar-refractivity contribution in [2.75, 3.05) is 41.4 Å². The van der Waals surface area contributed by atoms with Crippen LogP contribution in [0.25, 0.3) is 0 Å². The molecule has 0 aromatic heterocycles. The highest BCUT2D eigenvalue weighted by Gasteiger charge is 2.05. The molecule has 0 heterocycles. The van der Waals surface area contributed by atoms with E-state index in [1.54, 1.807) is 14.2 Å². The van der Waals surface area contributed by atoms with Crippen molar-refractivity contribution in [1.82, 2.24) is 15.5 Å². The third-order valence-electron chi connectivity index (χ3n) is 4.51. The molecule has 0 aliphatic rings. The minimum atomic E-state index is 0. The molecule has 6 nitrogen and oxygen atoms in total. The van der Waals surface area contributed by atoms with E-state index in [-0.39, 0.29) is 24.0 Å². The van der Waals surface area contributed by atoms with Crippen LogP contribution >= 0.6 is 24.0 Å². The van der Waals surface area contributed by atoms with Crippen molar-refractivity contribution in [1.29, 1.82) is 0 Å². The molecule has 7 heteroatoms. The topological polar surface area (TPSA) is 58.1 Å². The number of aliphatic imine (C=N–C) groups is 1. The monoisotopic (exact) mass is 526 g/mol. The van der Waals surface area contributed by atoms with Gasteiger partial charge in [0, 0.05) is 32.2 Å². The fraction of sp³-hybridized carbons (Fsp3) is 0.435. The summed E-state index contributed by atoms with van der Waals surface area (Å²) in [6.45, 7) is 5.15. The maximum absolute atomic E-state index is 5.78. The highest BCUT2D eigenvalue weighted by atomic mass is 127. The maximum atomic E-state index is 5.78. The van der Waals surface area contributed by atoms with Crippen LogP contribution in [0.3, 0.4) is 0 Å². The molecule has 0 fully saturated rings. The largest absolute Gasteiger partial charge is 0.496 e. The van der Waals surface area contributed by atoms with Crippen LogP contribution in [0.2, 0.25) is 0 Å². The average Bonchev–Trinajstić information content (AvgIpc) is 2.72. The minimum Gasteiger partial charge on any atom is -0.496 e. The predicted molar refractivity (Wildman–Crippen MR) is 135 cm³/mol. The fourth-order valence-electron chi connectivity index (χ4n) is 2.86. The third kappa shape index (κ3) is 9.21. The molecule has 0 saturated carbocycles. The summed E-state index contributed by atoms with van der Waals surface area (Å²) in [6, 6.07) is 14.4. The van der Waals surface area contributed by atoms with Gasteiger partial charge in [0.2, 0.25) is 0 Å². The van der Waals surface area contributed by atoms with E-state index in [1.165, 1.54) is 11.1 Å². The molecule has 0 bridgehead atoms. The summed E-state index contributed by atoms with van der Waals surface area (Å²) in [7, 11) is 7.61. The Hall–Kier alpha value is -2.00. The summed E-state index contributed by atoms with van der Waals surface area (Å²) in [4.78, 5) is 6.46. The molecule has 0 radical (unpaired) electrons. The Kier molecular flexibility index (Phi) is 12.2. The summed E-state index contributed by atoms with van der Waals surface area (Å²) in [5, 5.41) is 6.68. The lowest BCUT2D eigenvalue weighted by molar-refractivity contribution is 0.281. The summed E-state index contributed by atoms with van der Waals surface area (Å²) in [5.41, 5.74) is 3.44. The average molecular weight is 526 g/mol. The van der Waals surface area contributed by atoms with Gasteiger partial charge in [-0.1, -0.05) is 24.3 Å². The Labute approximate surface area is 198 Å². The lowest BCUT2D eigenvalue weighted by Gasteiger charge is -2.14. The highest BCUT2D eigenvalue weighted by molar-refractivity contribution is 14.0. The Bertz CT molecular complexity index is 779. The molecule has 0 spiro atoms. The van der Waals surface area contributed by atoms with Crippen LogP contribution in [0.1, 0.15) is 23.1 Å². The number of halogens is 1. The molecule has 2 rings (SSSR count). The van der Waals surface area contributed by atoms with Gasteiger partial charge in [-0.25, -0.2) is 0 Å². The highest BCUT2D eigenvalue weighted by Crippen LogP contribution is 2.19. The molecule has 2 aromatic carbocycles. The van der Waals surface area contributed by atoms with E-state index in [0.717, 1.165) is 42.6 Å². The van der Waals surface area contributed by atoms with Crippen molar-refractivity contribution in [2.24, 2.45) is 4.99 Å². The van der Waals surface area contributed by atoms with E-state index in [4.69, 9.17) is 9.47 Å². The van der Waals surface area contributed by atoms with Gasteiger partial charge in [0.25, 0.3) is 0 Å². The second kappa shape index (κ2) is 14.1. The van der Waals surface area contributed by atoms with Gasteiger partial charge in [-0.05, 0) is 56.8 Å². The van der Waals surface area contributed by atoms with Gasteiger partial charge in [0.05, 0.1) is 13.7 Å². The number of rotatable bonds is 10. The second-order valence-electron chi connectivity index (χ2n) is 7.24. The van der Waals surface area contributed by atoms with E-state index in [0.29, 0.717) is 13.1 Å². The SMILES string of the molecule is CN=C(NCc1ccc(OCCCN(C)C)cc1)NCc1ccc(C)cc1OC.I. The Morgan fingerprint density at radius 3 is 2.37 bits per heavy atom. The first kappa shape index (κ1) is 26.0. The molecular formula is C23H35IN4O2. The van der Waals surface area contributed by atoms with E-state index < -0.39 is 0 Å². The Balaban J connectivity index is 0.00000450. The van der Waals surface area contributed by atoms with Gasteiger partial charge in [0.15, 0.2) is 5.96 Å². The lowest BCUT2D eigenvalue weighted by Crippen LogP contribution is -2.36. The van der Waals surface area contributed by atoms with Crippen LogP contribution in [-0.4, -0.2) is 52.3 Å². The summed E-state index contributed by atoms with van der Waals surface area (Å²) < 4.78 is 11.2. The van der Waals surface area contributed by atoms with E-state index >= 15 is 0 Å². The summed E-state index contributed by atoms with van der Waals surface area (Å²) in [5.74, 6) is 2.53. The van der Waals surface area contributed by atoms with Crippen molar-refractivity contribution < 1.29 is 9.47 Å². The zero-order valence-electron chi connectivity index (χ0n) is 18.7. The van der Waals surface area contributed by atoms with Gasteiger partial charge >= 0.3 is 0 Å². The van der Waals surface area contributed by atoms with E-state index in [2.05, 4.69) is 65.8 Å². The number of nitrogens with zero attached hydrogens (tertiary/aromatic N) is 2. The lowest BCUT2D eigenvalue weighted by atomic mass is 10.1. The van der Waals surface area contributed by atoms with Gasteiger partial charge in [0.1, 0.15) is 11.5 Å². The minimum absolute atomic E-state index is 0. The van der Waals surface area contributed by atoms with Crippen molar-refractivity contribution in [3.05, 3.63) is 59.2 Å². The van der Waals surface area contributed by atoms with Gasteiger partial charge < -0.3 is 25.0 Å². The third-order valence-corrected chi connectivity index (χ3v) is 4.51. The second-order valence-corrected chi connectivity index (χ2v) is 7.24. The molecule has 166 valence electrons. The quantitative estimate of drug-likeness (QED) is 0.214. The van der Waals surface area contributed by atoms with Crippen molar-refractivity contribution in [3.63, 3.8) is 0 Å². The first-order chi connectivity index (χ1) is 14.0. The first-order valence-electron chi connectivity index (χ1n) is 9.96. The number of hydrogen-bond donors (Lipinski definition) is 2. The number of nitrogens with one attached hydrogen (secondary N) is 2. The van der Waals surface area contributed by atoms with Crippen LogP contribution in [0.5, 0.6) is 11.5 Å². The smallest absolute Gasteiger partial charge is 0.191 e. The first-order valence-corrected chi connectivity index (χ1v) is 9.96. The number of benzene rings is 2. The zero-order chi connectivity index (χ0) is 21.1. The molecule has 0 aliphatic carbocycles. The number of aryl methyl sites for hydroxylation is 1. The maximum Gasteiger partial charge on any atom is 0.191 e. The van der Waals surface area contributed by atoms with E-state index in [9.17, 15) is 0 Å². The van der Waals surface area contributed by atoms with Gasteiger partial charge in [-0.2, -0.15) is 0 Å². The zero-order valence-corrected chi connectivity index (χ0v) is 21.0. The molecule has 0 aliphatic heterocycles. The normalized spacial score (nSPS) is 11.1. The standard InChI is InChI=1S/C23H34N4O2.HI/c1-18-7-10-20(22(15-18)28-5)17-26-23(24-2)25-16-19-8-11-21(12-9-19)29-14-6-13-27(3)4;/h7-12,15H,6,13-14,16-17H2,1-5H3,(H2,24,25,26);1H. The van der Waals surface area contributed by atoms with Gasteiger partial charge in [-0.3, -0.25) is 4.99 Å². The molecular weight excluding hydrogens is 491 g/mol. The fourth-order valence-corrected chi connectivity index (χ4v) is 2.86. The molecule has 0 atom stereocenters. The number of hydrogen-bond acceptors (Lipinski definition) is 4. The molecule has 0 amide bonds. The van der Waals surface area contributed by atoms with E-state index in [1.807, 2.05) is 18.2 Å². The van der Waals surface area contributed by atoms with Crippen LogP contribution in [0.15, 0.2) is 47.5 Å². The summed E-state index contributed by atoms with van der Waals surface area (Å²) in [6.07, 6.45) is 1.02. The molecule has 0 saturated heterocycles. The van der Waals surface area contributed by atoms with Crippen LogP contribution in [0.4, 0.5) is 0 Å². The van der Waals surface area contributed by atoms with Crippen LogP contribution in [0, 0.1) is 6.92 Å². The molecule has 30 heavy (non-hydrogen) atoms. The number of methoxy groups -OCH3 is 1.